The molecule has 1 aromatic carbocycles. The largest absolute Gasteiger partial charge is 0.340 e. The van der Waals surface area contributed by atoms with E-state index in [2.05, 4.69) is 33.3 Å². The molecule has 0 saturated carbocycles. The normalized spacial score (nSPS) is 15.9. The van der Waals surface area contributed by atoms with Crippen LogP contribution in [-0.2, 0) is 4.79 Å². The molecule has 0 unspecified atom stereocenters. The first kappa shape index (κ1) is 10.2. The lowest BCUT2D eigenvalue weighted by molar-refractivity contribution is -0.119. The number of amides is 3. The summed E-state index contributed by atoms with van der Waals surface area (Å²) in [5.74, 6) is -0.308. The van der Waals surface area contributed by atoms with Crippen LogP contribution < -0.4 is 15.8 Å². The molecule has 78 valence electrons. The minimum atomic E-state index is -0.495. The molecule has 6 heteroatoms. The number of benzene rings is 1. The van der Waals surface area contributed by atoms with Crippen molar-refractivity contribution in [1.29, 1.82) is 0 Å². The lowest BCUT2D eigenvalue weighted by Gasteiger charge is -2.28. The average molecular weight is 317 g/mol. The lowest BCUT2D eigenvalue weighted by Crippen LogP contribution is -2.59. The number of nitrogens with zero attached hydrogens (tertiary/aromatic N) is 1. The van der Waals surface area contributed by atoms with Gasteiger partial charge in [0.2, 0.25) is 5.91 Å². The smallest absolute Gasteiger partial charge is 0.275 e. The molecule has 0 radical (unpaired) electrons. The Morgan fingerprint density at radius 1 is 1.33 bits per heavy atom. The van der Waals surface area contributed by atoms with Gasteiger partial charge in [-0.1, -0.05) is 6.07 Å². The molecule has 0 bridgehead atoms. The van der Waals surface area contributed by atoms with E-state index in [0.717, 1.165) is 9.26 Å². The fraction of sp³-hybridized carbons (Fsp3) is 0.111. The van der Waals surface area contributed by atoms with Gasteiger partial charge in [0, 0.05) is 3.57 Å². The van der Waals surface area contributed by atoms with Crippen LogP contribution in [0.15, 0.2) is 24.3 Å². The van der Waals surface area contributed by atoms with Gasteiger partial charge in [0.25, 0.3) is 0 Å². The Bertz CT molecular complexity index is 406. The van der Waals surface area contributed by atoms with Crippen molar-refractivity contribution in [3.05, 3.63) is 27.8 Å². The molecular weight excluding hydrogens is 309 g/mol. The molecule has 3 amide bonds. The average Bonchev–Trinajstić information content (AvgIpc) is 2.16. The number of carbonyl (C=O) groups excluding carboxylic acids is 2. The van der Waals surface area contributed by atoms with Gasteiger partial charge in [0.05, 0.1) is 5.69 Å². The summed E-state index contributed by atoms with van der Waals surface area (Å²) in [4.78, 5) is 22.2. The first-order chi connectivity index (χ1) is 7.15. The van der Waals surface area contributed by atoms with Crippen molar-refractivity contribution in [2.45, 2.75) is 0 Å². The van der Waals surface area contributed by atoms with Crippen molar-refractivity contribution in [1.82, 2.24) is 10.7 Å². The van der Waals surface area contributed by atoms with Crippen LogP contribution in [0.4, 0.5) is 10.5 Å². The van der Waals surface area contributed by atoms with Gasteiger partial charge in [0.1, 0.15) is 6.54 Å². The molecule has 0 aromatic heterocycles. The molecule has 1 aliphatic rings. The second-order valence-corrected chi connectivity index (χ2v) is 4.30. The van der Waals surface area contributed by atoms with Gasteiger partial charge in [0.15, 0.2) is 0 Å². The quantitative estimate of drug-likeness (QED) is 0.755. The Hall–Kier alpha value is -1.31. The maximum Gasteiger partial charge on any atom is 0.340 e. The molecule has 0 atom stereocenters. The summed E-state index contributed by atoms with van der Waals surface area (Å²) in [5.41, 5.74) is 3.35. The number of halogens is 1. The Morgan fingerprint density at radius 3 is 2.80 bits per heavy atom. The Morgan fingerprint density at radius 2 is 2.13 bits per heavy atom. The molecule has 2 N–H and O–H groups in total. The van der Waals surface area contributed by atoms with E-state index in [4.69, 9.17) is 0 Å². The number of anilines is 1. The number of hydrogen-bond donors (Lipinski definition) is 2. The van der Waals surface area contributed by atoms with Crippen molar-refractivity contribution >= 4 is 40.2 Å². The number of carbonyl (C=O) groups is 2. The van der Waals surface area contributed by atoms with Gasteiger partial charge >= 0.3 is 6.03 Å². The maximum absolute atomic E-state index is 11.1. The second kappa shape index (κ2) is 4.05. The molecule has 15 heavy (non-hydrogen) atoms. The second-order valence-electron chi connectivity index (χ2n) is 3.06. The van der Waals surface area contributed by atoms with Gasteiger partial charge in [-0.2, -0.15) is 0 Å². The Balaban J connectivity index is 2.23. The fourth-order valence-electron chi connectivity index (χ4n) is 1.30. The third-order valence-electron chi connectivity index (χ3n) is 1.91. The summed E-state index contributed by atoms with van der Waals surface area (Å²) in [6.45, 7) is 0.131. The molecule has 1 saturated heterocycles. The number of nitrogens with one attached hydrogen (secondary N) is 2. The van der Waals surface area contributed by atoms with Gasteiger partial charge in [-0.25, -0.2) is 10.2 Å². The summed E-state index contributed by atoms with van der Waals surface area (Å²) >= 11 is 2.17. The summed E-state index contributed by atoms with van der Waals surface area (Å²) < 4.78 is 1.05. The minimum Gasteiger partial charge on any atom is -0.275 e. The molecule has 0 aliphatic carbocycles. The Labute approximate surface area is 99.9 Å². The molecule has 2 rings (SSSR count). The third kappa shape index (κ3) is 2.38. The first-order valence-electron chi connectivity index (χ1n) is 4.29. The number of hydrazine groups is 1. The number of urea groups is 1. The summed E-state index contributed by atoms with van der Waals surface area (Å²) in [6, 6.07) is 7.04. The van der Waals surface area contributed by atoms with Crippen LogP contribution in [-0.4, -0.2) is 18.5 Å². The standard InChI is InChI=1S/C9H8IN3O2/c10-6-2-1-3-7(4-6)13-5-8(14)11-9(15)12-13/h1-4H,5H2,(H2,11,12,14,15). The first-order valence-corrected chi connectivity index (χ1v) is 5.36. The van der Waals surface area contributed by atoms with Crippen molar-refractivity contribution in [2.24, 2.45) is 0 Å². The maximum atomic E-state index is 11.1. The lowest BCUT2D eigenvalue weighted by atomic mass is 10.3. The molecule has 0 spiro atoms. The van der Waals surface area contributed by atoms with Crippen LogP contribution in [0.5, 0.6) is 0 Å². The van der Waals surface area contributed by atoms with Crippen LogP contribution in [0.2, 0.25) is 0 Å². The fourth-order valence-corrected chi connectivity index (χ4v) is 1.83. The molecule has 1 aliphatic heterocycles. The predicted octanol–water partition coefficient (Wildman–Crippen LogP) is 0.852. The van der Waals surface area contributed by atoms with E-state index in [1.165, 1.54) is 5.01 Å². The van der Waals surface area contributed by atoms with Crippen molar-refractivity contribution in [3.8, 4) is 0 Å². The highest BCUT2D eigenvalue weighted by molar-refractivity contribution is 14.1. The Kier molecular flexibility index (Phi) is 2.76. The van der Waals surface area contributed by atoms with Crippen molar-refractivity contribution in [2.75, 3.05) is 11.6 Å². The SMILES string of the molecule is O=C1CN(c2cccc(I)c2)NC(=O)N1. The van der Waals surface area contributed by atoms with E-state index in [1.54, 1.807) is 0 Å². The van der Waals surface area contributed by atoms with Crippen LogP contribution in [0.25, 0.3) is 0 Å². The minimum absolute atomic E-state index is 0.131. The van der Waals surface area contributed by atoms with E-state index in [9.17, 15) is 9.59 Å². The number of imide groups is 1. The molecule has 1 fully saturated rings. The predicted molar refractivity (Wildman–Crippen MR) is 63.2 cm³/mol. The summed E-state index contributed by atoms with van der Waals surface area (Å²) in [5, 5.41) is 3.68. The number of rotatable bonds is 1. The topological polar surface area (TPSA) is 61.4 Å². The summed E-state index contributed by atoms with van der Waals surface area (Å²) in [7, 11) is 0. The molecular formula is C9H8IN3O2. The van der Waals surface area contributed by atoms with Gasteiger partial charge in [-0.15, -0.1) is 0 Å². The molecule has 5 nitrogen and oxygen atoms in total. The van der Waals surface area contributed by atoms with Gasteiger partial charge in [-0.3, -0.25) is 15.1 Å². The molecule has 1 aromatic rings. The van der Waals surface area contributed by atoms with E-state index in [1.807, 2.05) is 24.3 Å². The highest BCUT2D eigenvalue weighted by atomic mass is 127. The van der Waals surface area contributed by atoms with Gasteiger partial charge in [-0.05, 0) is 40.8 Å². The van der Waals surface area contributed by atoms with Crippen molar-refractivity contribution < 1.29 is 9.59 Å². The van der Waals surface area contributed by atoms with Crippen LogP contribution in [0.3, 0.4) is 0 Å². The highest BCUT2D eigenvalue weighted by Gasteiger charge is 2.21. The van der Waals surface area contributed by atoms with Crippen molar-refractivity contribution in [3.63, 3.8) is 0 Å². The third-order valence-corrected chi connectivity index (χ3v) is 2.58. The van der Waals surface area contributed by atoms with E-state index in [0.29, 0.717) is 0 Å². The zero-order valence-electron chi connectivity index (χ0n) is 7.66. The van der Waals surface area contributed by atoms with Gasteiger partial charge < -0.3 is 0 Å². The van der Waals surface area contributed by atoms with E-state index in [-0.39, 0.29) is 12.5 Å². The highest BCUT2D eigenvalue weighted by Crippen LogP contribution is 2.16. The zero-order chi connectivity index (χ0) is 10.8. The van der Waals surface area contributed by atoms with Crippen LogP contribution >= 0.6 is 22.6 Å². The van der Waals surface area contributed by atoms with Crippen LogP contribution in [0.1, 0.15) is 0 Å². The monoisotopic (exact) mass is 317 g/mol. The van der Waals surface area contributed by atoms with E-state index >= 15 is 0 Å². The number of hydrogen-bond acceptors (Lipinski definition) is 3. The van der Waals surface area contributed by atoms with Crippen LogP contribution in [0, 0.1) is 3.57 Å². The molecule has 1 heterocycles. The summed E-state index contributed by atoms with van der Waals surface area (Å²) in [6.07, 6.45) is 0. The van der Waals surface area contributed by atoms with E-state index < -0.39 is 6.03 Å². The zero-order valence-corrected chi connectivity index (χ0v) is 9.82.